The van der Waals surface area contributed by atoms with Gasteiger partial charge in [0.2, 0.25) is 11.8 Å². The smallest absolute Gasteiger partial charge is 0.264 e. The van der Waals surface area contributed by atoms with Crippen LogP contribution < -0.4 is 14.4 Å². The molecule has 0 unspecified atom stereocenters. The Morgan fingerprint density at radius 1 is 0.864 bits per heavy atom. The van der Waals surface area contributed by atoms with Crippen LogP contribution in [0.25, 0.3) is 0 Å². The summed E-state index contributed by atoms with van der Waals surface area (Å²) in [5.41, 5.74) is 1.59. The molecule has 1 atom stereocenters. The summed E-state index contributed by atoms with van der Waals surface area (Å²) in [6.07, 6.45) is 0.197. The first-order valence-corrected chi connectivity index (χ1v) is 16.1. The van der Waals surface area contributed by atoms with Crippen molar-refractivity contribution in [3.05, 3.63) is 124 Å². The largest absolute Gasteiger partial charge is 0.495 e. The number of ether oxygens (including phenoxy) is 1. The molecule has 0 spiro atoms. The number of halogens is 2. The molecule has 1 N–H and O–H groups in total. The molecule has 4 aromatic carbocycles. The van der Waals surface area contributed by atoms with E-state index in [1.807, 2.05) is 30.3 Å². The number of rotatable bonds is 13. The molecule has 0 aliphatic carbocycles. The third kappa shape index (κ3) is 7.91. The Morgan fingerprint density at radius 2 is 1.50 bits per heavy atom. The number of hydrogen-bond acceptors (Lipinski definition) is 5. The van der Waals surface area contributed by atoms with Gasteiger partial charge in [0.1, 0.15) is 18.3 Å². The maximum Gasteiger partial charge on any atom is 0.264 e. The van der Waals surface area contributed by atoms with E-state index in [9.17, 15) is 18.0 Å². The lowest BCUT2D eigenvalue weighted by Gasteiger charge is -2.34. The zero-order valence-corrected chi connectivity index (χ0v) is 26.6. The van der Waals surface area contributed by atoms with Crippen molar-refractivity contribution < 1.29 is 22.7 Å². The van der Waals surface area contributed by atoms with E-state index in [0.29, 0.717) is 22.9 Å². The first kappa shape index (κ1) is 32.9. The van der Waals surface area contributed by atoms with E-state index in [2.05, 4.69) is 5.32 Å². The molecule has 0 radical (unpaired) electrons. The number of anilines is 1. The first-order valence-electron chi connectivity index (χ1n) is 13.9. The number of likely N-dealkylation sites (N-methyl/N-ethyl adjacent to an activating group) is 1. The zero-order valence-electron chi connectivity index (χ0n) is 24.3. The SMILES string of the molecule is CCNC(=O)[C@@H](Cc1ccccc1)N(Cc1ccccc1Cl)C(=O)CN(c1ccc(OC)c(Cl)c1)S(=O)(=O)c1ccccc1. The van der Waals surface area contributed by atoms with Gasteiger partial charge in [-0.2, -0.15) is 0 Å². The second-order valence-electron chi connectivity index (χ2n) is 9.86. The molecule has 0 saturated carbocycles. The molecular formula is C33H33Cl2N3O5S. The first-order chi connectivity index (χ1) is 21.1. The maximum absolute atomic E-state index is 14.4. The predicted octanol–water partition coefficient (Wildman–Crippen LogP) is 5.97. The molecule has 0 fully saturated rings. The van der Waals surface area contributed by atoms with Gasteiger partial charge in [-0.25, -0.2) is 8.42 Å². The summed E-state index contributed by atoms with van der Waals surface area (Å²) >= 11 is 12.9. The van der Waals surface area contributed by atoms with Crippen molar-refractivity contribution in [1.82, 2.24) is 10.2 Å². The number of sulfonamides is 1. The number of methoxy groups -OCH3 is 1. The average molecular weight is 655 g/mol. The van der Waals surface area contributed by atoms with Gasteiger partial charge >= 0.3 is 0 Å². The number of carbonyl (C=O) groups is 2. The van der Waals surface area contributed by atoms with Gasteiger partial charge in [-0.3, -0.25) is 13.9 Å². The molecule has 230 valence electrons. The zero-order chi connectivity index (χ0) is 31.7. The summed E-state index contributed by atoms with van der Waals surface area (Å²) in [6, 6.07) is 27.6. The highest BCUT2D eigenvalue weighted by atomic mass is 35.5. The van der Waals surface area contributed by atoms with E-state index in [0.717, 1.165) is 9.87 Å². The molecule has 0 saturated heterocycles. The highest BCUT2D eigenvalue weighted by Gasteiger charge is 2.35. The highest BCUT2D eigenvalue weighted by Crippen LogP contribution is 2.32. The van der Waals surface area contributed by atoms with Crippen molar-refractivity contribution in [2.45, 2.75) is 30.8 Å². The van der Waals surface area contributed by atoms with Gasteiger partial charge < -0.3 is 15.0 Å². The van der Waals surface area contributed by atoms with E-state index < -0.39 is 28.5 Å². The van der Waals surface area contributed by atoms with Crippen LogP contribution in [0, 0.1) is 0 Å². The Labute approximate surface area is 268 Å². The Bertz CT molecular complexity index is 1690. The van der Waals surface area contributed by atoms with Gasteiger partial charge in [0, 0.05) is 24.5 Å². The van der Waals surface area contributed by atoms with Gasteiger partial charge in [0.15, 0.2) is 0 Å². The molecule has 0 aliphatic heterocycles. The van der Waals surface area contributed by atoms with Crippen LogP contribution in [-0.4, -0.2) is 51.4 Å². The lowest BCUT2D eigenvalue weighted by Crippen LogP contribution is -2.53. The molecule has 0 aromatic heterocycles. The summed E-state index contributed by atoms with van der Waals surface area (Å²) < 4.78 is 34.3. The third-order valence-electron chi connectivity index (χ3n) is 6.95. The summed E-state index contributed by atoms with van der Waals surface area (Å²) in [5.74, 6) is -0.636. The van der Waals surface area contributed by atoms with Crippen molar-refractivity contribution in [3.63, 3.8) is 0 Å². The Kier molecular flexibility index (Phi) is 11.3. The summed E-state index contributed by atoms with van der Waals surface area (Å²) in [6.45, 7) is 1.49. The minimum atomic E-state index is -4.26. The van der Waals surface area contributed by atoms with Crippen molar-refractivity contribution >= 4 is 50.7 Å². The van der Waals surface area contributed by atoms with E-state index in [-0.39, 0.29) is 34.5 Å². The van der Waals surface area contributed by atoms with Crippen LogP contribution in [0.15, 0.2) is 108 Å². The van der Waals surface area contributed by atoms with E-state index in [1.165, 1.54) is 42.3 Å². The van der Waals surface area contributed by atoms with Crippen molar-refractivity contribution in [1.29, 1.82) is 0 Å². The number of nitrogens with one attached hydrogen (secondary N) is 1. The fourth-order valence-corrected chi connectivity index (χ4v) is 6.59. The van der Waals surface area contributed by atoms with Crippen LogP contribution in [0.2, 0.25) is 10.0 Å². The van der Waals surface area contributed by atoms with E-state index in [4.69, 9.17) is 27.9 Å². The molecule has 8 nitrogen and oxygen atoms in total. The van der Waals surface area contributed by atoms with Gasteiger partial charge in [0.25, 0.3) is 10.0 Å². The highest BCUT2D eigenvalue weighted by molar-refractivity contribution is 7.92. The summed E-state index contributed by atoms with van der Waals surface area (Å²) in [7, 11) is -2.81. The van der Waals surface area contributed by atoms with Gasteiger partial charge in [0.05, 0.1) is 22.7 Å². The number of benzene rings is 4. The molecule has 2 amide bonds. The fraction of sp³-hybridized carbons (Fsp3) is 0.212. The van der Waals surface area contributed by atoms with Crippen LogP contribution in [0.1, 0.15) is 18.1 Å². The van der Waals surface area contributed by atoms with Gasteiger partial charge in [-0.15, -0.1) is 0 Å². The van der Waals surface area contributed by atoms with Crippen LogP contribution in [0.5, 0.6) is 5.75 Å². The normalized spacial score (nSPS) is 11.8. The van der Waals surface area contributed by atoms with Gasteiger partial charge in [-0.1, -0.05) is 89.9 Å². The predicted molar refractivity (Wildman–Crippen MR) is 174 cm³/mol. The Hall–Kier alpha value is -4.05. The molecule has 0 heterocycles. The number of carbonyl (C=O) groups excluding carboxylic acids is 2. The van der Waals surface area contributed by atoms with Crippen LogP contribution in [-0.2, 0) is 32.6 Å². The van der Waals surface area contributed by atoms with Crippen LogP contribution >= 0.6 is 23.2 Å². The summed E-state index contributed by atoms with van der Waals surface area (Å²) in [5, 5.41) is 3.42. The molecule has 44 heavy (non-hydrogen) atoms. The Morgan fingerprint density at radius 3 is 2.11 bits per heavy atom. The molecule has 4 rings (SSSR count). The lowest BCUT2D eigenvalue weighted by molar-refractivity contribution is -0.140. The molecule has 0 bridgehead atoms. The monoisotopic (exact) mass is 653 g/mol. The van der Waals surface area contributed by atoms with Crippen molar-refractivity contribution in [3.8, 4) is 5.75 Å². The van der Waals surface area contributed by atoms with E-state index in [1.54, 1.807) is 49.4 Å². The van der Waals surface area contributed by atoms with Crippen LogP contribution in [0.3, 0.4) is 0 Å². The van der Waals surface area contributed by atoms with Crippen molar-refractivity contribution in [2.24, 2.45) is 0 Å². The van der Waals surface area contributed by atoms with Crippen molar-refractivity contribution in [2.75, 3.05) is 24.5 Å². The van der Waals surface area contributed by atoms with Crippen LogP contribution in [0.4, 0.5) is 5.69 Å². The maximum atomic E-state index is 14.4. The van der Waals surface area contributed by atoms with E-state index >= 15 is 0 Å². The fourth-order valence-electron chi connectivity index (χ4n) is 4.71. The lowest BCUT2D eigenvalue weighted by atomic mass is 10.0. The second-order valence-corrected chi connectivity index (χ2v) is 12.5. The standard InChI is InChI=1S/C33H33Cl2N3O5S/c1-3-36-33(40)30(20-24-12-6-4-7-13-24)37(22-25-14-10-11-17-28(25)34)32(39)23-38(26-18-19-31(43-2)29(35)21-26)44(41,42)27-15-8-5-9-16-27/h4-19,21,30H,3,20,22-23H2,1-2H3,(H,36,40)/t30-/m1/s1. The third-order valence-corrected chi connectivity index (χ3v) is 9.41. The second kappa shape index (κ2) is 15.1. The molecular weight excluding hydrogens is 621 g/mol. The molecule has 11 heteroatoms. The number of amides is 2. The topological polar surface area (TPSA) is 96.0 Å². The number of nitrogens with zero attached hydrogens (tertiary/aromatic N) is 2. The minimum Gasteiger partial charge on any atom is -0.495 e. The Balaban J connectivity index is 1.82. The average Bonchev–Trinajstić information content (AvgIpc) is 3.03. The molecule has 0 aliphatic rings. The molecule has 4 aromatic rings. The van der Waals surface area contributed by atoms with Gasteiger partial charge in [-0.05, 0) is 54.4 Å². The summed E-state index contributed by atoms with van der Waals surface area (Å²) in [4.78, 5) is 29.3. The number of hydrogen-bond donors (Lipinski definition) is 1. The quantitative estimate of drug-likeness (QED) is 0.192. The minimum absolute atomic E-state index is 0.0121.